The van der Waals surface area contributed by atoms with Crippen molar-refractivity contribution in [3.05, 3.63) is 89.1 Å². The molecule has 45 heavy (non-hydrogen) atoms. The Morgan fingerprint density at radius 2 is 1.84 bits per heavy atom. The molecule has 2 fully saturated rings. The Bertz CT molecular complexity index is 1560. The summed E-state index contributed by atoms with van der Waals surface area (Å²) in [7, 11) is 2.14. The first-order valence-electron chi connectivity index (χ1n) is 15.6. The van der Waals surface area contributed by atoms with E-state index >= 15 is 0 Å². The Kier molecular flexibility index (Phi) is 10.0. The highest BCUT2D eigenvalue weighted by molar-refractivity contribution is 5.98. The summed E-state index contributed by atoms with van der Waals surface area (Å²) >= 11 is 0. The number of nitrogens with zero attached hydrogens (tertiary/aromatic N) is 5. The molecule has 10 heteroatoms. The van der Waals surface area contributed by atoms with E-state index in [0.717, 1.165) is 79.2 Å². The van der Waals surface area contributed by atoms with Gasteiger partial charge in [0.1, 0.15) is 11.9 Å². The van der Waals surface area contributed by atoms with E-state index in [-0.39, 0.29) is 12.1 Å². The average Bonchev–Trinajstić information content (AvgIpc) is 3.03. The summed E-state index contributed by atoms with van der Waals surface area (Å²) in [5, 5.41) is 12.5. The van der Waals surface area contributed by atoms with Crippen LogP contribution in [0.25, 0.3) is 6.08 Å². The minimum absolute atomic E-state index is 0.126. The van der Waals surface area contributed by atoms with Crippen molar-refractivity contribution in [3.8, 4) is 6.07 Å². The summed E-state index contributed by atoms with van der Waals surface area (Å²) in [4.78, 5) is 36.1. The van der Waals surface area contributed by atoms with Gasteiger partial charge in [0.2, 0.25) is 5.91 Å². The first-order chi connectivity index (χ1) is 21.7. The van der Waals surface area contributed by atoms with Gasteiger partial charge >= 0.3 is 6.03 Å². The quantitative estimate of drug-likeness (QED) is 0.304. The van der Waals surface area contributed by atoms with Crippen molar-refractivity contribution in [2.24, 2.45) is 11.5 Å². The summed E-state index contributed by atoms with van der Waals surface area (Å²) in [6.45, 7) is 4.89. The minimum atomic E-state index is -0.558. The Morgan fingerprint density at radius 1 is 1.09 bits per heavy atom. The van der Waals surface area contributed by atoms with Gasteiger partial charge in [-0.1, -0.05) is 30.3 Å². The van der Waals surface area contributed by atoms with Gasteiger partial charge in [-0.15, -0.1) is 0 Å². The van der Waals surface area contributed by atoms with Crippen molar-refractivity contribution >= 4 is 35.2 Å². The molecule has 1 aliphatic heterocycles. The van der Waals surface area contributed by atoms with Crippen LogP contribution in [-0.2, 0) is 11.2 Å². The molecular formula is C35H42N8O2. The third-order valence-corrected chi connectivity index (χ3v) is 8.98. The van der Waals surface area contributed by atoms with Crippen LogP contribution in [0.1, 0.15) is 54.9 Å². The highest BCUT2D eigenvalue weighted by atomic mass is 16.2. The second kappa shape index (κ2) is 14.3. The van der Waals surface area contributed by atoms with Gasteiger partial charge in [0, 0.05) is 61.3 Å². The number of carbonyl (C=O) groups excluding carboxylic acids is 2. The average molecular weight is 607 g/mol. The van der Waals surface area contributed by atoms with E-state index in [1.807, 2.05) is 24.3 Å². The molecule has 5 N–H and O–H groups in total. The number of likely N-dealkylation sites (N-methyl/N-ethyl adjacent to an activating group) is 1. The molecule has 0 bridgehead atoms. The van der Waals surface area contributed by atoms with Crippen LogP contribution in [0.2, 0.25) is 0 Å². The lowest BCUT2D eigenvalue weighted by molar-refractivity contribution is -0.113. The molecule has 10 nitrogen and oxygen atoms in total. The molecule has 2 aromatic carbocycles. The number of urea groups is 1. The van der Waals surface area contributed by atoms with E-state index in [1.165, 1.54) is 6.08 Å². The number of nitriles is 1. The number of rotatable bonds is 9. The fourth-order valence-corrected chi connectivity index (χ4v) is 6.42. The van der Waals surface area contributed by atoms with E-state index in [4.69, 9.17) is 16.7 Å². The monoisotopic (exact) mass is 606 g/mol. The zero-order chi connectivity index (χ0) is 31.9. The number of pyridine rings is 1. The van der Waals surface area contributed by atoms with Crippen LogP contribution in [-0.4, -0.2) is 66.6 Å². The molecule has 2 aliphatic rings. The summed E-state index contributed by atoms with van der Waals surface area (Å²) in [5.41, 5.74) is 16.9. The molecule has 1 saturated heterocycles. The number of nitrogens with one attached hydrogen (secondary N) is 1. The third-order valence-electron chi connectivity index (χ3n) is 8.98. The molecule has 0 spiro atoms. The second-order valence-electron chi connectivity index (χ2n) is 12.1. The molecule has 0 unspecified atom stereocenters. The van der Waals surface area contributed by atoms with Crippen molar-refractivity contribution < 1.29 is 9.59 Å². The number of piperazine rings is 1. The smallest absolute Gasteiger partial charge is 0.319 e. The molecule has 3 aromatic rings. The summed E-state index contributed by atoms with van der Waals surface area (Å²) in [6, 6.07) is 20.0. The highest BCUT2D eigenvalue weighted by Crippen LogP contribution is 2.38. The fraction of sp³-hybridized carbons (Fsp3) is 0.371. The lowest BCUT2D eigenvalue weighted by atomic mass is 9.88. The van der Waals surface area contributed by atoms with E-state index in [0.29, 0.717) is 18.0 Å². The van der Waals surface area contributed by atoms with Crippen molar-refractivity contribution in [1.82, 2.24) is 9.88 Å². The molecule has 1 aliphatic carbocycles. The van der Waals surface area contributed by atoms with Gasteiger partial charge in [0.05, 0.1) is 11.3 Å². The number of benzene rings is 2. The number of hydrogen-bond acceptors (Lipinski definition) is 7. The van der Waals surface area contributed by atoms with Crippen LogP contribution in [0.15, 0.2) is 66.9 Å². The number of anilines is 3. The maximum absolute atomic E-state index is 13.4. The molecule has 3 amide bonds. The fourth-order valence-electron chi connectivity index (χ4n) is 6.42. The molecule has 0 radical (unpaired) electrons. The zero-order valence-corrected chi connectivity index (χ0v) is 26.0. The summed E-state index contributed by atoms with van der Waals surface area (Å²) in [5.74, 6) is 0.167. The first kappa shape index (κ1) is 31.5. The standard InChI is InChI=1S/C35H42N8O2/c1-24-23-42(17-16-41(24)2)31-19-27(9-14-32(37)44)34(28(20-31)18-25-6-4-3-5-7-25)43(35(38)45)30-12-10-29(11-13-30)40-33-15-8-26(21-36)22-39-33/h3-9,14-15,19-20,22,24,29-30H,10-13,16-18,23H2,1-2H3,(H2,37,44)(H2,38,45)(H,39,40)/b14-9-/t24-,29?,30?/m0/s1. The van der Waals surface area contributed by atoms with Crippen LogP contribution in [0.4, 0.5) is 22.0 Å². The van der Waals surface area contributed by atoms with Crippen LogP contribution >= 0.6 is 0 Å². The Balaban J connectivity index is 1.50. The maximum Gasteiger partial charge on any atom is 0.319 e. The number of aromatic nitrogens is 1. The number of hydrogen-bond donors (Lipinski definition) is 3. The first-order valence-corrected chi connectivity index (χ1v) is 15.6. The van der Waals surface area contributed by atoms with Crippen LogP contribution in [0.5, 0.6) is 0 Å². The van der Waals surface area contributed by atoms with Crippen LogP contribution < -0.4 is 26.6 Å². The molecule has 1 saturated carbocycles. The van der Waals surface area contributed by atoms with Gasteiger partial charge in [-0.3, -0.25) is 9.69 Å². The highest BCUT2D eigenvalue weighted by Gasteiger charge is 2.32. The number of nitrogens with two attached hydrogens (primary N) is 2. The topological polar surface area (TPSA) is 145 Å². The molecule has 2 heterocycles. The SMILES string of the molecule is C[C@H]1CN(c2cc(/C=C\C(N)=O)c(N(C(N)=O)C3CCC(Nc4ccc(C#N)cn4)CC3)c(Cc3ccccc3)c2)CCN1C. The van der Waals surface area contributed by atoms with Gasteiger partial charge in [-0.05, 0) is 87.5 Å². The largest absolute Gasteiger partial charge is 0.369 e. The summed E-state index contributed by atoms with van der Waals surface area (Å²) in [6.07, 6.45) is 8.32. The predicted molar refractivity (Wildman–Crippen MR) is 179 cm³/mol. The van der Waals surface area contributed by atoms with E-state index in [2.05, 4.69) is 64.4 Å². The normalized spacial score (nSPS) is 20.5. The molecule has 234 valence electrons. The van der Waals surface area contributed by atoms with Gasteiger partial charge in [-0.25, -0.2) is 9.78 Å². The van der Waals surface area contributed by atoms with Crippen molar-refractivity contribution in [1.29, 1.82) is 5.26 Å². The van der Waals surface area contributed by atoms with Crippen molar-refractivity contribution in [3.63, 3.8) is 0 Å². The van der Waals surface area contributed by atoms with E-state index in [9.17, 15) is 9.59 Å². The lowest BCUT2D eigenvalue weighted by Crippen LogP contribution is -2.50. The van der Waals surface area contributed by atoms with Gasteiger partial charge in [-0.2, -0.15) is 5.26 Å². The lowest BCUT2D eigenvalue weighted by Gasteiger charge is -2.41. The van der Waals surface area contributed by atoms with Gasteiger partial charge in [0.25, 0.3) is 0 Å². The number of primary amides is 2. The predicted octanol–water partition coefficient (Wildman–Crippen LogP) is 4.49. The van der Waals surface area contributed by atoms with Gasteiger partial charge in [0.15, 0.2) is 0 Å². The molecule has 5 rings (SSSR count). The molecule has 1 atom stereocenters. The second-order valence-corrected chi connectivity index (χ2v) is 12.1. The number of carbonyl (C=O) groups is 2. The Labute approximate surface area is 265 Å². The number of amides is 3. The third kappa shape index (κ3) is 7.80. The summed E-state index contributed by atoms with van der Waals surface area (Å²) < 4.78 is 0. The van der Waals surface area contributed by atoms with Crippen molar-refractivity contribution in [2.75, 3.05) is 41.8 Å². The van der Waals surface area contributed by atoms with Crippen LogP contribution in [0, 0.1) is 11.3 Å². The van der Waals surface area contributed by atoms with Crippen LogP contribution in [0.3, 0.4) is 0 Å². The Morgan fingerprint density at radius 3 is 2.47 bits per heavy atom. The molecule has 1 aromatic heterocycles. The zero-order valence-electron chi connectivity index (χ0n) is 26.0. The molecular weight excluding hydrogens is 564 g/mol. The van der Waals surface area contributed by atoms with E-state index in [1.54, 1.807) is 23.2 Å². The minimum Gasteiger partial charge on any atom is -0.369 e. The Hall–Kier alpha value is -4.88. The van der Waals surface area contributed by atoms with E-state index < -0.39 is 11.9 Å². The van der Waals surface area contributed by atoms with Gasteiger partial charge < -0.3 is 26.6 Å². The van der Waals surface area contributed by atoms with Crippen molar-refractivity contribution in [2.45, 2.75) is 57.2 Å². The maximum atomic E-state index is 13.4.